The van der Waals surface area contributed by atoms with Crippen molar-refractivity contribution in [2.24, 2.45) is 0 Å². The predicted molar refractivity (Wildman–Crippen MR) is 65.2 cm³/mol. The van der Waals surface area contributed by atoms with Gasteiger partial charge in [0.25, 0.3) is 0 Å². The second kappa shape index (κ2) is 6.10. The predicted octanol–water partition coefficient (Wildman–Crippen LogP) is 3.82. The lowest BCUT2D eigenvalue weighted by atomic mass is 10.1. The Morgan fingerprint density at radius 3 is 2.65 bits per heavy atom. The van der Waals surface area contributed by atoms with Crippen molar-refractivity contribution in [2.45, 2.75) is 31.7 Å². The van der Waals surface area contributed by atoms with Crippen LogP contribution >= 0.6 is 15.9 Å². The summed E-state index contributed by atoms with van der Waals surface area (Å²) in [5.41, 5.74) is 1.33. The number of ketones is 1. The van der Waals surface area contributed by atoms with Gasteiger partial charge in [0.05, 0.1) is 4.83 Å². The zero-order valence-electron chi connectivity index (χ0n) is 9.54. The van der Waals surface area contributed by atoms with Crippen LogP contribution in [0.2, 0.25) is 0 Å². The van der Waals surface area contributed by atoms with Gasteiger partial charge in [-0.15, -0.1) is 0 Å². The number of rotatable bonds is 2. The maximum atomic E-state index is 11.9. The summed E-state index contributed by atoms with van der Waals surface area (Å²) in [4.78, 5) is 11.3. The molecule has 1 aliphatic carbocycles. The molecule has 1 aromatic rings. The zero-order valence-corrected chi connectivity index (χ0v) is 11.1. The lowest BCUT2D eigenvalue weighted by molar-refractivity contribution is -0.0498. The molecule has 1 atom stereocenters. The van der Waals surface area contributed by atoms with Gasteiger partial charge >= 0.3 is 6.61 Å². The first kappa shape index (κ1) is 14.1. The fraction of sp³-hybridized carbons (Fsp3) is 0.417. The van der Waals surface area contributed by atoms with Crippen molar-refractivity contribution in [3.63, 3.8) is 0 Å². The van der Waals surface area contributed by atoms with Crippen molar-refractivity contribution in [3.8, 4) is 5.75 Å². The Labute approximate surface area is 107 Å². The number of carbonyl (C=O) groups excluding carboxylic acids is 1. The number of alkyl halides is 3. The van der Waals surface area contributed by atoms with Gasteiger partial charge in [0.2, 0.25) is 0 Å². The smallest absolute Gasteiger partial charge is 0.387 e. The molecule has 0 spiro atoms. The van der Waals surface area contributed by atoms with Crippen LogP contribution in [-0.2, 0) is 6.42 Å². The molecular formula is C12H13BrF2O2. The van der Waals surface area contributed by atoms with Crippen LogP contribution in [0.1, 0.15) is 29.8 Å². The summed E-state index contributed by atoms with van der Waals surface area (Å²) in [5.74, 6) is 0.0896. The van der Waals surface area contributed by atoms with Crippen molar-refractivity contribution in [2.75, 3.05) is 0 Å². The number of carbonyl (C=O) groups is 1. The minimum atomic E-state index is -2.83. The molecule has 17 heavy (non-hydrogen) atoms. The van der Waals surface area contributed by atoms with Crippen molar-refractivity contribution >= 4 is 21.7 Å². The van der Waals surface area contributed by atoms with Crippen LogP contribution in [-0.4, -0.2) is 17.2 Å². The molecule has 0 aliphatic heterocycles. The summed E-state index contributed by atoms with van der Waals surface area (Å²) in [6.45, 7) is 1.17. The summed E-state index contributed by atoms with van der Waals surface area (Å²) in [7, 11) is 0. The van der Waals surface area contributed by atoms with Gasteiger partial charge in [0.1, 0.15) is 5.75 Å². The first-order valence-corrected chi connectivity index (χ1v) is 6.25. The Morgan fingerprint density at radius 1 is 1.41 bits per heavy atom. The Balaban J connectivity index is 0.000000686. The molecule has 0 bridgehead atoms. The number of benzene rings is 1. The van der Waals surface area contributed by atoms with E-state index in [1.165, 1.54) is 18.2 Å². The minimum absolute atomic E-state index is 0.00593. The van der Waals surface area contributed by atoms with Crippen molar-refractivity contribution in [1.29, 1.82) is 0 Å². The largest absolute Gasteiger partial charge is 0.435 e. The molecule has 94 valence electrons. The average molecular weight is 307 g/mol. The molecule has 0 amide bonds. The topological polar surface area (TPSA) is 26.3 Å². The molecule has 0 saturated carbocycles. The molecule has 2 nitrogen and oxygen atoms in total. The molecule has 1 unspecified atom stereocenters. The van der Waals surface area contributed by atoms with E-state index in [0.717, 1.165) is 5.56 Å². The second-order valence-corrected chi connectivity index (χ2v) is 4.34. The third-order valence-electron chi connectivity index (χ3n) is 2.25. The number of fused-ring (bicyclic) bond motifs is 1. The van der Waals surface area contributed by atoms with E-state index >= 15 is 0 Å². The van der Waals surface area contributed by atoms with Gasteiger partial charge in [-0.1, -0.05) is 29.8 Å². The standard InChI is InChI=1S/C10H7BrF2O2.C2H6/c11-8-4-5-3-6(15-10(12)13)1-2-7(5)9(8)14;1-2/h1-3,8,10H,4H2;1-2H3. The highest BCUT2D eigenvalue weighted by Gasteiger charge is 2.28. The number of hydrogen-bond acceptors (Lipinski definition) is 2. The third-order valence-corrected chi connectivity index (χ3v) is 2.99. The molecule has 0 aromatic heterocycles. The first-order valence-electron chi connectivity index (χ1n) is 5.34. The summed E-state index contributed by atoms with van der Waals surface area (Å²) >= 11 is 3.22. The Morgan fingerprint density at radius 2 is 2.06 bits per heavy atom. The normalized spacial score (nSPS) is 17.5. The average Bonchev–Trinajstić information content (AvgIpc) is 2.56. The highest BCUT2D eigenvalue weighted by Crippen LogP contribution is 2.30. The van der Waals surface area contributed by atoms with E-state index in [1.54, 1.807) is 0 Å². The molecule has 1 aromatic carbocycles. The van der Waals surface area contributed by atoms with E-state index in [-0.39, 0.29) is 16.4 Å². The van der Waals surface area contributed by atoms with E-state index in [4.69, 9.17) is 0 Å². The van der Waals surface area contributed by atoms with Crippen LogP contribution in [0, 0.1) is 0 Å². The molecule has 2 rings (SSSR count). The molecule has 0 N–H and O–H groups in total. The molecule has 0 radical (unpaired) electrons. The minimum Gasteiger partial charge on any atom is -0.435 e. The van der Waals surface area contributed by atoms with Crippen LogP contribution in [0.3, 0.4) is 0 Å². The van der Waals surface area contributed by atoms with E-state index in [1.807, 2.05) is 13.8 Å². The number of hydrogen-bond donors (Lipinski definition) is 0. The van der Waals surface area contributed by atoms with Crippen LogP contribution in [0.4, 0.5) is 8.78 Å². The van der Waals surface area contributed by atoms with E-state index in [9.17, 15) is 13.6 Å². The SMILES string of the molecule is CC.O=C1c2ccc(OC(F)F)cc2CC1Br. The Kier molecular flexibility index (Phi) is 5.05. The molecule has 0 saturated heterocycles. The quantitative estimate of drug-likeness (QED) is 0.777. The summed E-state index contributed by atoms with van der Waals surface area (Å²) in [6, 6.07) is 4.39. The summed E-state index contributed by atoms with van der Waals surface area (Å²) < 4.78 is 28.1. The fourth-order valence-electron chi connectivity index (χ4n) is 1.61. The number of ether oxygens (including phenoxy) is 1. The third kappa shape index (κ3) is 3.25. The maximum Gasteiger partial charge on any atom is 0.387 e. The van der Waals surface area contributed by atoms with Gasteiger partial charge in [0.15, 0.2) is 5.78 Å². The van der Waals surface area contributed by atoms with Gasteiger partial charge in [-0.3, -0.25) is 4.79 Å². The lowest BCUT2D eigenvalue weighted by Crippen LogP contribution is -2.05. The number of halogens is 3. The summed E-state index contributed by atoms with van der Waals surface area (Å²) in [5, 5.41) is 0. The van der Waals surface area contributed by atoms with Crippen LogP contribution < -0.4 is 4.74 Å². The van der Waals surface area contributed by atoms with Gasteiger partial charge in [-0.25, -0.2) is 0 Å². The van der Waals surface area contributed by atoms with Crippen molar-refractivity contribution < 1.29 is 18.3 Å². The zero-order chi connectivity index (χ0) is 13.0. The van der Waals surface area contributed by atoms with Crippen LogP contribution in [0.5, 0.6) is 5.75 Å². The molecule has 1 aliphatic rings. The highest BCUT2D eigenvalue weighted by atomic mass is 79.9. The fourth-order valence-corrected chi connectivity index (χ4v) is 2.21. The molecule has 0 fully saturated rings. The molecule has 0 heterocycles. The van der Waals surface area contributed by atoms with Gasteiger partial charge < -0.3 is 4.74 Å². The van der Waals surface area contributed by atoms with E-state index in [2.05, 4.69) is 20.7 Å². The lowest BCUT2D eigenvalue weighted by Gasteiger charge is -2.05. The van der Waals surface area contributed by atoms with Gasteiger partial charge in [0, 0.05) is 5.56 Å². The van der Waals surface area contributed by atoms with Crippen LogP contribution in [0.15, 0.2) is 18.2 Å². The summed E-state index contributed by atoms with van der Waals surface area (Å²) in [6.07, 6.45) is 0.522. The first-order chi connectivity index (χ1) is 8.08. The van der Waals surface area contributed by atoms with E-state index < -0.39 is 6.61 Å². The van der Waals surface area contributed by atoms with Gasteiger partial charge in [-0.05, 0) is 30.2 Å². The van der Waals surface area contributed by atoms with Crippen molar-refractivity contribution in [3.05, 3.63) is 29.3 Å². The highest BCUT2D eigenvalue weighted by molar-refractivity contribution is 9.10. The van der Waals surface area contributed by atoms with Crippen molar-refractivity contribution in [1.82, 2.24) is 0 Å². The molecular weight excluding hydrogens is 294 g/mol. The number of Topliss-reactive ketones (excluding diaryl/α,β-unsaturated/α-hetero) is 1. The van der Waals surface area contributed by atoms with E-state index in [0.29, 0.717) is 12.0 Å². The monoisotopic (exact) mass is 306 g/mol. The van der Waals surface area contributed by atoms with Gasteiger partial charge in [-0.2, -0.15) is 8.78 Å². The Hall–Kier alpha value is -0.970. The maximum absolute atomic E-state index is 11.9. The molecule has 5 heteroatoms. The Bertz CT molecular complexity index is 407. The van der Waals surface area contributed by atoms with Crippen LogP contribution in [0.25, 0.3) is 0 Å². The second-order valence-electron chi connectivity index (χ2n) is 3.23.